The molecule has 2 aliphatic heterocycles. The summed E-state index contributed by atoms with van der Waals surface area (Å²) < 4.78 is 40.8. The number of hydrogen-bond donors (Lipinski definition) is 2. The second-order valence-electron chi connectivity index (χ2n) is 8.01. The van der Waals surface area contributed by atoms with Crippen LogP contribution in [0.1, 0.15) is 21.5 Å². The summed E-state index contributed by atoms with van der Waals surface area (Å²) in [6.07, 6.45) is 0.481. The summed E-state index contributed by atoms with van der Waals surface area (Å²) in [5, 5.41) is 5.18. The zero-order valence-electron chi connectivity index (χ0n) is 17.4. The molecule has 2 N–H and O–H groups in total. The Kier molecular flexibility index (Phi) is 4.93. The highest BCUT2D eigenvalue weighted by Crippen LogP contribution is 2.38. The molecule has 1 unspecified atom stereocenters. The molecule has 0 bridgehead atoms. The monoisotopic (exact) mass is 465 g/mol. The molecule has 1 fully saturated rings. The molecule has 0 saturated carbocycles. The Morgan fingerprint density at radius 2 is 1.73 bits per heavy atom. The Labute approximate surface area is 190 Å². The van der Waals surface area contributed by atoms with Crippen molar-refractivity contribution in [1.82, 2.24) is 10.6 Å². The van der Waals surface area contributed by atoms with E-state index < -0.39 is 26.6 Å². The van der Waals surface area contributed by atoms with Crippen LogP contribution in [0.3, 0.4) is 0 Å². The van der Waals surface area contributed by atoms with E-state index in [-0.39, 0.29) is 17.3 Å². The van der Waals surface area contributed by atoms with Gasteiger partial charge in [0.1, 0.15) is 5.82 Å². The van der Waals surface area contributed by atoms with Crippen molar-refractivity contribution in [1.29, 1.82) is 0 Å². The van der Waals surface area contributed by atoms with Gasteiger partial charge in [0.2, 0.25) is 9.84 Å². The summed E-state index contributed by atoms with van der Waals surface area (Å²) in [5.41, 5.74) is 2.14. The van der Waals surface area contributed by atoms with Crippen LogP contribution in [0.5, 0.6) is 0 Å². The molecule has 1 atom stereocenters. The van der Waals surface area contributed by atoms with E-state index in [0.29, 0.717) is 35.3 Å². The smallest absolute Gasteiger partial charge is 0.316 e. The minimum absolute atomic E-state index is 0.0604. The van der Waals surface area contributed by atoms with Crippen LogP contribution in [-0.4, -0.2) is 33.4 Å². The van der Waals surface area contributed by atoms with Gasteiger partial charge in [-0.25, -0.2) is 17.6 Å². The van der Waals surface area contributed by atoms with Gasteiger partial charge in [-0.1, -0.05) is 30.3 Å². The first-order chi connectivity index (χ1) is 15.8. The molecule has 5 rings (SSSR count). The van der Waals surface area contributed by atoms with Crippen molar-refractivity contribution >= 4 is 27.5 Å². The maximum absolute atomic E-state index is 13.8. The van der Waals surface area contributed by atoms with Crippen molar-refractivity contribution in [3.05, 3.63) is 95.3 Å². The van der Waals surface area contributed by atoms with Gasteiger partial charge >= 0.3 is 6.03 Å². The molecule has 0 radical (unpaired) electrons. The number of carbonyl (C=O) groups is 2. The number of halogens is 1. The molecule has 3 aromatic carbocycles. The number of nitrogens with zero attached hydrogens (tertiary/aromatic N) is 1. The van der Waals surface area contributed by atoms with Gasteiger partial charge in [-0.05, 0) is 60.0 Å². The van der Waals surface area contributed by atoms with Crippen LogP contribution in [0, 0.1) is 5.82 Å². The van der Waals surface area contributed by atoms with Crippen molar-refractivity contribution in [2.24, 2.45) is 0 Å². The van der Waals surface area contributed by atoms with Crippen molar-refractivity contribution in [3.63, 3.8) is 0 Å². The third-order valence-corrected chi connectivity index (χ3v) is 8.38. The van der Waals surface area contributed by atoms with Gasteiger partial charge in [0.15, 0.2) is 4.87 Å². The van der Waals surface area contributed by atoms with Crippen molar-refractivity contribution in [2.75, 3.05) is 18.0 Å². The van der Waals surface area contributed by atoms with Crippen LogP contribution in [0.25, 0.3) is 0 Å². The van der Waals surface area contributed by atoms with E-state index in [0.717, 1.165) is 0 Å². The van der Waals surface area contributed by atoms with E-state index in [2.05, 4.69) is 10.6 Å². The molecule has 7 nitrogen and oxygen atoms in total. The molecule has 0 spiro atoms. The zero-order chi connectivity index (χ0) is 23.2. The average Bonchev–Trinajstić information content (AvgIpc) is 3.44. The predicted octanol–water partition coefficient (Wildman–Crippen LogP) is 2.97. The van der Waals surface area contributed by atoms with Crippen molar-refractivity contribution < 1.29 is 22.4 Å². The largest absolute Gasteiger partial charge is 0.334 e. The van der Waals surface area contributed by atoms with Gasteiger partial charge in [-0.2, -0.15) is 0 Å². The lowest BCUT2D eigenvalue weighted by molar-refractivity contribution is 0.0989. The molecule has 33 heavy (non-hydrogen) atoms. The number of nitrogens with one attached hydrogen (secondary N) is 2. The second-order valence-corrected chi connectivity index (χ2v) is 10.2. The lowest BCUT2D eigenvalue weighted by atomic mass is 10.1. The summed E-state index contributed by atoms with van der Waals surface area (Å²) in [5.74, 6) is -0.707. The first kappa shape index (κ1) is 21.1. The van der Waals surface area contributed by atoms with Crippen LogP contribution >= 0.6 is 0 Å². The zero-order valence-corrected chi connectivity index (χ0v) is 18.2. The van der Waals surface area contributed by atoms with Gasteiger partial charge in [0.25, 0.3) is 5.91 Å². The van der Waals surface area contributed by atoms with Gasteiger partial charge in [-0.3, -0.25) is 4.79 Å². The highest BCUT2D eigenvalue weighted by molar-refractivity contribution is 7.92. The van der Waals surface area contributed by atoms with E-state index in [1.54, 1.807) is 47.4 Å². The topological polar surface area (TPSA) is 95.6 Å². The molecule has 0 aliphatic carbocycles. The minimum Gasteiger partial charge on any atom is -0.334 e. The molecule has 1 saturated heterocycles. The summed E-state index contributed by atoms with van der Waals surface area (Å²) in [6, 6.07) is 17.9. The Morgan fingerprint density at radius 3 is 2.39 bits per heavy atom. The normalized spacial score (nSPS) is 19.7. The van der Waals surface area contributed by atoms with Crippen LogP contribution in [0.15, 0.2) is 77.7 Å². The predicted molar refractivity (Wildman–Crippen MR) is 120 cm³/mol. The number of sulfone groups is 1. The Hall–Kier alpha value is -3.72. The quantitative estimate of drug-likeness (QED) is 0.619. The van der Waals surface area contributed by atoms with Crippen molar-refractivity contribution in [3.8, 4) is 0 Å². The highest BCUT2D eigenvalue weighted by atomic mass is 32.2. The Bertz CT molecular complexity index is 1360. The fourth-order valence-electron chi connectivity index (χ4n) is 4.38. The van der Waals surface area contributed by atoms with E-state index in [1.807, 2.05) is 0 Å². The number of amides is 3. The molecule has 2 heterocycles. The number of carbonyl (C=O) groups excluding carboxylic acids is 2. The molecule has 0 aromatic heterocycles. The minimum atomic E-state index is -4.04. The third kappa shape index (κ3) is 3.36. The standard InChI is InChI=1S/C24H20FN3O4S/c25-19-8-6-16(7-9-19)22(29)28-13-12-17-14-20(10-11-21(17)28)33(31,32)24(15-26-23(30)27-24)18-4-2-1-3-5-18/h1-11,14H,12-13,15H2,(H2,26,27,30). The second kappa shape index (κ2) is 7.70. The van der Waals surface area contributed by atoms with E-state index in [9.17, 15) is 22.4 Å². The SMILES string of the molecule is O=C1NCC(c2ccccc2)(S(=O)(=O)c2ccc3c(c2)CCN3C(=O)c2ccc(F)cc2)N1. The van der Waals surface area contributed by atoms with Gasteiger partial charge in [-0.15, -0.1) is 0 Å². The maximum Gasteiger partial charge on any atom is 0.316 e. The molecule has 9 heteroatoms. The average molecular weight is 466 g/mol. The molecule has 168 valence electrons. The van der Waals surface area contributed by atoms with Crippen LogP contribution in [0.4, 0.5) is 14.9 Å². The molecule has 3 amide bonds. The Morgan fingerprint density at radius 1 is 1.00 bits per heavy atom. The van der Waals surface area contributed by atoms with E-state index in [1.165, 1.54) is 30.3 Å². The molecule has 3 aromatic rings. The van der Waals surface area contributed by atoms with Crippen LogP contribution in [0.2, 0.25) is 0 Å². The molecular formula is C24H20FN3O4S. The number of fused-ring (bicyclic) bond motifs is 1. The summed E-state index contributed by atoms with van der Waals surface area (Å²) in [4.78, 5) is 24.9. The number of hydrogen-bond acceptors (Lipinski definition) is 4. The maximum atomic E-state index is 13.8. The van der Waals surface area contributed by atoms with Gasteiger partial charge in [0, 0.05) is 17.8 Å². The molecular weight excluding hydrogens is 445 g/mol. The first-order valence-corrected chi connectivity index (χ1v) is 11.9. The van der Waals surface area contributed by atoms with Gasteiger partial charge in [0.05, 0.1) is 11.4 Å². The summed E-state index contributed by atoms with van der Waals surface area (Å²) >= 11 is 0. The van der Waals surface area contributed by atoms with Crippen LogP contribution in [-0.2, 0) is 21.1 Å². The highest BCUT2D eigenvalue weighted by Gasteiger charge is 2.51. The fraction of sp³-hybridized carbons (Fsp3) is 0.167. The number of urea groups is 1. The summed E-state index contributed by atoms with van der Waals surface area (Å²) in [6.45, 7) is 0.279. The number of rotatable bonds is 4. The lowest BCUT2D eigenvalue weighted by Crippen LogP contribution is -2.47. The van der Waals surface area contributed by atoms with E-state index in [4.69, 9.17) is 0 Å². The third-order valence-electron chi connectivity index (χ3n) is 6.11. The Balaban J connectivity index is 1.52. The lowest BCUT2D eigenvalue weighted by Gasteiger charge is -2.28. The fourth-order valence-corrected chi connectivity index (χ4v) is 6.26. The summed E-state index contributed by atoms with van der Waals surface area (Å²) in [7, 11) is -4.04. The van der Waals surface area contributed by atoms with Gasteiger partial charge < -0.3 is 15.5 Å². The number of anilines is 1. The van der Waals surface area contributed by atoms with E-state index >= 15 is 0 Å². The van der Waals surface area contributed by atoms with Crippen molar-refractivity contribution in [2.45, 2.75) is 16.2 Å². The molecule has 2 aliphatic rings. The van der Waals surface area contributed by atoms with Crippen LogP contribution < -0.4 is 15.5 Å². The first-order valence-electron chi connectivity index (χ1n) is 10.4. The number of benzene rings is 3.